The van der Waals surface area contributed by atoms with Crippen LogP contribution in [-0.2, 0) is 4.87 Å². The Morgan fingerprint density at radius 2 is 1.50 bits per heavy atom. The number of pyridine rings is 1. The van der Waals surface area contributed by atoms with Crippen molar-refractivity contribution in [2.24, 2.45) is 9.98 Å². The third kappa shape index (κ3) is 3.05. The molecule has 0 saturated heterocycles. The fourth-order valence-electron chi connectivity index (χ4n) is 4.17. The molecule has 0 aromatic carbocycles. The predicted molar refractivity (Wildman–Crippen MR) is 130 cm³/mol. The van der Waals surface area contributed by atoms with Crippen LogP contribution in [0.1, 0.15) is 17.0 Å². The molecule has 2 unspecified atom stereocenters. The smallest absolute Gasteiger partial charge is 0.181 e. The van der Waals surface area contributed by atoms with E-state index in [-0.39, 0.29) is 0 Å². The Morgan fingerprint density at radius 3 is 2.31 bits per heavy atom. The van der Waals surface area contributed by atoms with Crippen molar-refractivity contribution < 1.29 is 0 Å². The number of hydrogen-bond acceptors (Lipinski definition) is 3. The van der Waals surface area contributed by atoms with Gasteiger partial charge in [-0.15, -0.1) is 11.6 Å². The maximum absolute atomic E-state index is 7.39. The SMILES string of the molecule is ClC12C=CC(=N1)C=c1ccc([nH]1)=Cc1ccc([nH]1)C=C1C=CC(=N1)C2(Cl)c1ccncc1. The third-order valence-electron chi connectivity index (χ3n) is 5.72. The molecular weight excluding hydrogens is 441 g/mol. The summed E-state index contributed by atoms with van der Waals surface area (Å²) in [5.41, 5.74) is 4.82. The van der Waals surface area contributed by atoms with Crippen molar-refractivity contribution in [2.45, 2.75) is 9.87 Å². The van der Waals surface area contributed by atoms with E-state index in [2.05, 4.69) is 21.0 Å². The van der Waals surface area contributed by atoms with Crippen LogP contribution in [0.2, 0.25) is 0 Å². The van der Waals surface area contributed by atoms with Crippen LogP contribution < -0.4 is 10.7 Å². The Morgan fingerprint density at radius 1 is 0.750 bits per heavy atom. The van der Waals surface area contributed by atoms with Gasteiger partial charge in [-0.2, -0.15) is 0 Å². The number of rotatable bonds is 1. The Kier molecular flexibility index (Phi) is 4.25. The van der Waals surface area contributed by atoms with Gasteiger partial charge < -0.3 is 9.97 Å². The second-order valence-corrected chi connectivity index (χ2v) is 9.01. The lowest BCUT2D eigenvalue weighted by atomic mass is 9.86. The summed E-state index contributed by atoms with van der Waals surface area (Å²) in [5.74, 6) is 0. The highest BCUT2D eigenvalue weighted by molar-refractivity contribution is 6.47. The topological polar surface area (TPSA) is 69.2 Å². The minimum Gasteiger partial charge on any atom is -0.355 e. The molecule has 0 amide bonds. The summed E-state index contributed by atoms with van der Waals surface area (Å²) in [6.45, 7) is 0. The lowest BCUT2D eigenvalue weighted by Crippen LogP contribution is -2.45. The number of nitrogens with one attached hydrogen (secondary N) is 2. The van der Waals surface area contributed by atoms with E-state index in [4.69, 9.17) is 33.2 Å². The van der Waals surface area contributed by atoms with Crippen molar-refractivity contribution in [3.8, 4) is 0 Å². The van der Waals surface area contributed by atoms with E-state index in [0.717, 1.165) is 39.1 Å². The number of aliphatic imine (C=N–C) groups is 2. The van der Waals surface area contributed by atoms with Gasteiger partial charge in [-0.25, -0.2) is 0 Å². The summed E-state index contributed by atoms with van der Waals surface area (Å²) in [5, 5.41) is 1.90. The summed E-state index contributed by atoms with van der Waals surface area (Å²) < 4.78 is 0. The van der Waals surface area contributed by atoms with Crippen LogP contribution in [0.5, 0.6) is 0 Å². The lowest BCUT2D eigenvalue weighted by Gasteiger charge is -2.36. The van der Waals surface area contributed by atoms with Gasteiger partial charge in [-0.1, -0.05) is 11.6 Å². The molecule has 6 heterocycles. The van der Waals surface area contributed by atoms with E-state index < -0.39 is 9.87 Å². The lowest BCUT2D eigenvalue weighted by molar-refractivity contribution is 0.634. The summed E-state index contributed by atoms with van der Waals surface area (Å²) in [6.07, 6.45) is 16.9. The first-order chi connectivity index (χ1) is 15.5. The number of H-pyrrole nitrogens is 2. The first-order valence-corrected chi connectivity index (χ1v) is 10.9. The van der Waals surface area contributed by atoms with Crippen LogP contribution in [0.3, 0.4) is 0 Å². The first kappa shape index (κ1) is 19.3. The molecule has 2 atom stereocenters. The maximum Gasteiger partial charge on any atom is 0.181 e. The first-order valence-electron chi connectivity index (χ1n) is 10.2. The van der Waals surface area contributed by atoms with Crippen molar-refractivity contribution in [3.63, 3.8) is 0 Å². The Balaban J connectivity index is 1.63. The fraction of sp³-hybridized carbons (Fsp3) is 0.0800. The molecule has 2 N–H and O–H groups in total. The van der Waals surface area contributed by atoms with Crippen molar-refractivity contribution in [1.82, 2.24) is 15.0 Å². The zero-order chi connectivity index (χ0) is 21.8. The predicted octanol–water partition coefficient (Wildman–Crippen LogP) is 3.79. The minimum absolute atomic E-state index is 0.619. The molecule has 0 fully saturated rings. The van der Waals surface area contributed by atoms with Gasteiger partial charge in [0.05, 0.1) is 17.1 Å². The van der Waals surface area contributed by atoms with Crippen LogP contribution in [0.4, 0.5) is 0 Å². The molecule has 3 aromatic heterocycles. The number of nitrogens with zero attached hydrogens (tertiary/aromatic N) is 3. The van der Waals surface area contributed by atoms with Gasteiger partial charge in [0, 0.05) is 34.5 Å². The van der Waals surface area contributed by atoms with Crippen molar-refractivity contribution in [3.05, 3.63) is 106 Å². The maximum atomic E-state index is 7.39. The second-order valence-electron chi connectivity index (χ2n) is 7.86. The van der Waals surface area contributed by atoms with Gasteiger partial charge in [0.15, 0.2) is 9.87 Å². The van der Waals surface area contributed by atoms with Crippen LogP contribution >= 0.6 is 23.2 Å². The van der Waals surface area contributed by atoms with Gasteiger partial charge in [-0.3, -0.25) is 15.0 Å². The molecule has 0 spiro atoms. The van der Waals surface area contributed by atoms with Gasteiger partial charge >= 0.3 is 0 Å². The molecule has 5 nitrogen and oxygen atoms in total. The molecule has 7 heteroatoms. The average Bonchev–Trinajstić information content (AvgIpc) is 3.58. The average molecular weight is 458 g/mol. The number of fused-ring (bicyclic) bond motifs is 6. The van der Waals surface area contributed by atoms with E-state index in [1.807, 2.05) is 72.9 Å². The summed E-state index contributed by atoms with van der Waals surface area (Å²) >= 11 is 14.5. The minimum atomic E-state index is -1.27. The van der Waals surface area contributed by atoms with Crippen LogP contribution in [0.15, 0.2) is 88.8 Å². The number of halogens is 2. The van der Waals surface area contributed by atoms with Crippen molar-refractivity contribution in [2.75, 3.05) is 0 Å². The molecule has 8 bridgehead atoms. The monoisotopic (exact) mass is 457 g/mol. The van der Waals surface area contributed by atoms with Crippen molar-refractivity contribution in [1.29, 1.82) is 0 Å². The summed E-state index contributed by atoms with van der Waals surface area (Å²) in [7, 11) is 0. The van der Waals surface area contributed by atoms with E-state index in [0.29, 0.717) is 5.71 Å². The zero-order valence-electron chi connectivity index (χ0n) is 16.8. The van der Waals surface area contributed by atoms with Gasteiger partial charge in [0.2, 0.25) is 0 Å². The Hall–Kier alpha value is -3.41. The van der Waals surface area contributed by atoms with Gasteiger partial charge in [0.25, 0.3) is 0 Å². The summed E-state index contributed by atoms with van der Waals surface area (Å²) in [4.78, 5) is 18.1. The van der Waals surface area contributed by atoms with E-state index >= 15 is 0 Å². The van der Waals surface area contributed by atoms with E-state index in [1.54, 1.807) is 12.4 Å². The van der Waals surface area contributed by atoms with Crippen LogP contribution in [0, 0.1) is 0 Å². The second kappa shape index (κ2) is 7.05. The quantitative estimate of drug-likeness (QED) is 0.423. The normalized spacial score (nSPS) is 25.6. The molecule has 0 saturated carbocycles. The molecule has 3 aliphatic rings. The van der Waals surface area contributed by atoms with E-state index in [9.17, 15) is 0 Å². The molecule has 6 rings (SSSR count). The standard InChI is InChI=1S/C25H17Cl2N5/c26-24-10-7-22(32-24)15-20-4-3-18(30-20)13-17-1-2-19(29-17)14-21-5-6-23(31-21)25(24,27)16-8-11-28-12-9-16/h1-15,29-30H. The number of aromatic nitrogens is 3. The molecule has 0 radical (unpaired) electrons. The van der Waals surface area contributed by atoms with Crippen LogP contribution in [-0.4, -0.2) is 31.4 Å². The zero-order valence-corrected chi connectivity index (χ0v) is 18.3. The van der Waals surface area contributed by atoms with E-state index in [1.165, 1.54) is 0 Å². The number of alkyl halides is 2. The van der Waals surface area contributed by atoms with Crippen molar-refractivity contribution >= 4 is 52.9 Å². The highest BCUT2D eigenvalue weighted by Gasteiger charge is 2.54. The Labute approximate surface area is 193 Å². The Bertz CT molecular complexity index is 1500. The van der Waals surface area contributed by atoms with Gasteiger partial charge in [-0.05, 0) is 84.5 Å². The number of aromatic amines is 2. The largest absolute Gasteiger partial charge is 0.355 e. The van der Waals surface area contributed by atoms with Gasteiger partial charge in [0.1, 0.15) is 0 Å². The molecule has 32 heavy (non-hydrogen) atoms. The fourth-order valence-corrected chi connectivity index (χ4v) is 4.88. The molecule has 3 aromatic rings. The highest BCUT2D eigenvalue weighted by atomic mass is 35.5. The molecule has 3 aliphatic heterocycles. The summed E-state index contributed by atoms with van der Waals surface area (Å²) in [6, 6.07) is 11.8. The number of hydrogen-bond donors (Lipinski definition) is 2. The number of allylic oxidation sites excluding steroid dienone is 3. The molecule has 156 valence electrons. The highest BCUT2D eigenvalue weighted by Crippen LogP contribution is 2.50. The molecule has 0 aliphatic carbocycles. The molecular formula is C25H17Cl2N5. The third-order valence-corrected chi connectivity index (χ3v) is 7.01. The van der Waals surface area contributed by atoms with Crippen LogP contribution in [0.25, 0.3) is 18.2 Å².